The van der Waals surface area contributed by atoms with E-state index in [9.17, 15) is 14.0 Å². The van der Waals surface area contributed by atoms with Crippen LogP contribution in [0.3, 0.4) is 0 Å². The van der Waals surface area contributed by atoms with Crippen LogP contribution in [0, 0.1) is 0 Å². The van der Waals surface area contributed by atoms with Gasteiger partial charge in [-0.15, -0.1) is 0 Å². The van der Waals surface area contributed by atoms with Gasteiger partial charge in [0, 0.05) is 24.4 Å². The van der Waals surface area contributed by atoms with Gasteiger partial charge in [0.25, 0.3) is 11.5 Å². The van der Waals surface area contributed by atoms with E-state index in [4.69, 9.17) is 0 Å². The first kappa shape index (κ1) is 19.0. The van der Waals surface area contributed by atoms with E-state index in [-0.39, 0.29) is 23.2 Å². The predicted molar refractivity (Wildman–Crippen MR) is 112 cm³/mol. The second-order valence-electron chi connectivity index (χ2n) is 8.38. The lowest BCUT2D eigenvalue weighted by molar-refractivity contribution is 0.0404. The lowest BCUT2D eigenvalue weighted by atomic mass is 9.84. The maximum Gasteiger partial charge on any atom is 0.273 e. The topological polar surface area (TPSA) is 70.5 Å². The fourth-order valence-electron chi connectivity index (χ4n) is 4.67. The Kier molecular flexibility index (Phi) is 4.89. The Hall–Kier alpha value is -2.96. The van der Waals surface area contributed by atoms with Crippen LogP contribution in [0.1, 0.15) is 60.4 Å². The second kappa shape index (κ2) is 7.70. The summed E-state index contributed by atoms with van der Waals surface area (Å²) in [6.45, 7) is -0.0304. The fourth-order valence-corrected chi connectivity index (χ4v) is 4.67. The summed E-state index contributed by atoms with van der Waals surface area (Å²) in [5, 5.41) is 2.80. The first-order chi connectivity index (χ1) is 14.7. The summed E-state index contributed by atoms with van der Waals surface area (Å²) >= 11 is 0. The van der Waals surface area contributed by atoms with E-state index >= 15 is 0 Å². The quantitative estimate of drug-likeness (QED) is 0.711. The van der Waals surface area contributed by atoms with Crippen LogP contribution in [-0.2, 0) is 0 Å². The molecule has 2 aromatic heterocycles. The Labute approximate surface area is 173 Å². The molecule has 1 aromatic carbocycles. The summed E-state index contributed by atoms with van der Waals surface area (Å²) in [6, 6.07) is 9.36. The zero-order valence-electron chi connectivity index (χ0n) is 16.8. The highest BCUT2D eigenvalue weighted by molar-refractivity contribution is 6.00. The monoisotopic (exact) mass is 408 g/mol. The third-order valence-electron chi connectivity index (χ3n) is 6.59. The van der Waals surface area contributed by atoms with Crippen molar-refractivity contribution in [1.29, 1.82) is 0 Å². The molecular formula is C23H25FN4O2. The predicted octanol–water partition coefficient (Wildman–Crippen LogP) is 3.92. The van der Waals surface area contributed by atoms with Gasteiger partial charge in [-0.2, -0.15) is 0 Å². The van der Waals surface area contributed by atoms with Crippen molar-refractivity contribution in [1.82, 2.24) is 19.5 Å². The van der Waals surface area contributed by atoms with Crippen molar-refractivity contribution < 1.29 is 9.18 Å². The molecule has 2 fully saturated rings. The molecule has 7 heteroatoms. The minimum Gasteiger partial charge on any atom is -0.333 e. The van der Waals surface area contributed by atoms with Gasteiger partial charge in [0.1, 0.15) is 12.2 Å². The maximum absolute atomic E-state index is 13.0. The van der Waals surface area contributed by atoms with E-state index in [0.29, 0.717) is 30.1 Å². The van der Waals surface area contributed by atoms with Gasteiger partial charge in [0.15, 0.2) is 5.65 Å². The molecule has 2 aliphatic rings. The second-order valence-corrected chi connectivity index (χ2v) is 8.38. The summed E-state index contributed by atoms with van der Waals surface area (Å²) < 4.78 is 14.3. The van der Waals surface area contributed by atoms with Gasteiger partial charge in [-0.05, 0) is 30.7 Å². The number of nitrogens with one attached hydrogen (secondary N) is 1. The van der Waals surface area contributed by atoms with Crippen LogP contribution in [0.5, 0.6) is 0 Å². The molecule has 0 unspecified atom stereocenters. The maximum atomic E-state index is 13.0. The normalized spacial score (nSPS) is 19.8. The van der Waals surface area contributed by atoms with Crippen LogP contribution in [0.15, 0.2) is 41.3 Å². The van der Waals surface area contributed by atoms with Crippen LogP contribution in [0.25, 0.3) is 16.9 Å². The van der Waals surface area contributed by atoms with Crippen molar-refractivity contribution in [3.05, 3.63) is 58.0 Å². The summed E-state index contributed by atoms with van der Waals surface area (Å²) in [5.41, 5.74) is 3.02. The average molecular weight is 408 g/mol. The minimum absolute atomic E-state index is 0.281. The zero-order chi connectivity index (χ0) is 20.7. The summed E-state index contributed by atoms with van der Waals surface area (Å²) in [5.74, 6) is 0.321. The number of alkyl halides is 1. The summed E-state index contributed by atoms with van der Waals surface area (Å²) in [4.78, 5) is 31.6. The van der Waals surface area contributed by atoms with Crippen LogP contribution >= 0.6 is 0 Å². The van der Waals surface area contributed by atoms with Crippen molar-refractivity contribution in [2.24, 2.45) is 0 Å². The molecule has 6 nitrogen and oxygen atoms in total. The number of H-pyrrole nitrogens is 1. The highest BCUT2D eigenvalue weighted by atomic mass is 19.1. The van der Waals surface area contributed by atoms with Crippen LogP contribution < -0.4 is 5.56 Å². The molecule has 3 aromatic rings. The number of nitrogens with zero attached hydrogens (tertiary/aromatic N) is 3. The number of rotatable bonds is 4. The lowest BCUT2D eigenvalue weighted by Gasteiger charge is -2.39. The van der Waals surface area contributed by atoms with E-state index in [1.165, 1.54) is 59.3 Å². The standard InChI is InChI=1S/C23H25FN4O2/c24-13-18-10-11-27(18)23(30)19-14-25-28-21(29)12-20(26-22(19)28)17-8-6-16(7-9-17)15-4-2-1-3-5-15/h6-9,12,14-15,18,25H,1-5,10-11,13H2/t18-/m1/s1. The molecule has 1 aliphatic heterocycles. The molecule has 0 bridgehead atoms. The van der Waals surface area contributed by atoms with Gasteiger partial charge >= 0.3 is 0 Å². The molecule has 3 heterocycles. The summed E-state index contributed by atoms with van der Waals surface area (Å²) in [6.07, 6.45) is 8.50. The van der Waals surface area contributed by atoms with Gasteiger partial charge in [0.05, 0.1) is 11.7 Å². The van der Waals surface area contributed by atoms with Crippen molar-refractivity contribution >= 4 is 11.6 Å². The Balaban J connectivity index is 1.48. The number of halogens is 1. The third-order valence-corrected chi connectivity index (χ3v) is 6.59. The van der Waals surface area contributed by atoms with E-state index < -0.39 is 6.67 Å². The number of amides is 1. The summed E-state index contributed by atoms with van der Waals surface area (Å²) in [7, 11) is 0. The first-order valence-corrected chi connectivity index (χ1v) is 10.7. The van der Waals surface area contributed by atoms with Crippen molar-refractivity contribution in [2.45, 2.75) is 50.5 Å². The number of aromatic amines is 1. The van der Waals surface area contributed by atoms with Crippen molar-refractivity contribution in [2.75, 3.05) is 13.2 Å². The molecule has 1 N–H and O–H groups in total. The molecule has 0 spiro atoms. The van der Waals surface area contributed by atoms with E-state index in [1.54, 1.807) is 0 Å². The van der Waals surface area contributed by atoms with Crippen LogP contribution in [0.4, 0.5) is 4.39 Å². The Morgan fingerprint density at radius 1 is 1.13 bits per heavy atom. The number of benzene rings is 1. The lowest BCUT2D eigenvalue weighted by Crippen LogP contribution is -2.52. The number of carbonyl (C=O) groups is 1. The first-order valence-electron chi connectivity index (χ1n) is 10.7. The zero-order valence-corrected chi connectivity index (χ0v) is 16.8. The highest BCUT2D eigenvalue weighted by Gasteiger charge is 2.34. The molecule has 1 saturated carbocycles. The molecular weight excluding hydrogens is 383 g/mol. The van der Waals surface area contributed by atoms with E-state index in [2.05, 4.69) is 22.2 Å². The van der Waals surface area contributed by atoms with Gasteiger partial charge < -0.3 is 4.90 Å². The highest BCUT2D eigenvalue weighted by Crippen LogP contribution is 2.33. The molecule has 1 amide bonds. The number of hydrogen-bond donors (Lipinski definition) is 1. The fraction of sp³-hybridized carbons (Fsp3) is 0.435. The number of hydrogen-bond acceptors (Lipinski definition) is 3. The third kappa shape index (κ3) is 3.22. The van der Waals surface area contributed by atoms with Crippen LogP contribution in [-0.4, -0.2) is 44.7 Å². The van der Waals surface area contributed by atoms with E-state index in [0.717, 1.165) is 5.56 Å². The average Bonchev–Trinajstić information content (AvgIpc) is 3.19. The molecule has 30 heavy (non-hydrogen) atoms. The van der Waals surface area contributed by atoms with Gasteiger partial charge in [0.2, 0.25) is 0 Å². The number of aromatic nitrogens is 3. The number of fused-ring (bicyclic) bond motifs is 1. The van der Waals surface area contributed by atoms with Gasteiger partial charge in [-0.1, -0.05) is 43.5 Å². The van der Waals surface area contributed by atoms with E-state index in [1.807, 2.05) is 12.1 Å². The Bertz CT molecular complexity index is 1130. The smallest absolute Gasteiger partial charge is 0.273 e. The molecule has 156 valence electrons. The van der Waals surface area contributed by atoms with Gasteiger partial charge in [-0.25, -0.2) is 13.9 Å². The molecule has 1 atom stereocenters. The van der Waals surface area contributed by atoms with Crippen molar-refractivity contribution in [3.63, 3.8) is 0 Å². The minimum atomic E-state index is -0.555. The van der Waals surface area contributed by atoms with Crippen molar-refractivity contribution in [3.8, 4) is 11.3 Å². The number of likely N-dealkylation sites (tertiary alicyclic amines) is 1. The molecule has 1 saturated heterocycles. The van der Waals surface area contributed by atoms with Crippen LogP contribution in [0.2, 0.25) is 0 Å². The SMILES string of the molecule is O=C(c1c[nH]n2c(=O)cc(-c3ccc(C4CCCCC4)cc3)nc12)N1CC[C@@H]1CF. The Morgan fingerprint density at radius 3 is 2.57 bits per heavy atom. The molecule has 5 rings (SSSR count). The molecule has 0 radical (unpaired) electrons. The molecule has 1 aliphatic carbocycles. The number of carbonyl (C=O) groups excluding carboxylic acids is 1. The van der Waals surface area contributed by atoms with Gasteiger partial charge in [-0.3, -0.25) is 14.7 Å². The largest absolute Gasteiger partial charge is 0.333 e. The Morgan fingerprint density at radius 2 is 1.90 bits per heavy atom.